The van der Waals surface area contributed by atoms with Crippen molar-refractivity contribution < 1.29 is 14.3 Å². The monoisotopic (exact) mass is 161 g/mol. The summed E-state index contributed by atoms with van der Waals surface area (Å²) in [5.74, 6) is -1.31. The second-order valence-corrected chi connectivity index (χ2v) is 2.01. The molecule has 0 aromatic carbocycles. The minimum absolute atomic E-state index is 0.119. The molecule has 1 aliphatic heterocycles. The van der Waals surface area contributed by atoms with Crippen LogP contribution in [0.5, 0.6) is 0 Å². The van der Waals surface area contributed by atoms with Crippen LogP contribution in [-0.4, -0.2) is 18.9 Å². The van der Waals surface area contributed by atoms with E-state index in [9.17, 15) is 9.59 Å². The molecular weight excluding hydrogens is 158 g/mol. The molecule has 0 saturated heterocycles. The molecule has 0 bridgehead atoms. The fourth-order valence-electron chi connectivity index (χ4n) is 0.600. The fraction of sp³-hybridized carbons (Fsp3) is 0.200. The Labute approximate surface area is 61.8 Å². The van der Waals surface area contributed by atoms with E-state index < -0.39 is 11.8 Å². The first-order valence-corrected chi connectivity index (χ1v) is 2.84. The van der Waals surface area contributed by atoms with Gasteiger partial charge in [-0.15, -0.1) is 0 Å². The number of rotatable bonds is 1. The molecule has 0 saturated carbocycles. The third-order valence-corrected chi connectivity index (χ3v) is 1.38. The Morgan fingerprint density at radius 3 is 2.20 bits per heavy atom. The van der Waals surface area contributed by atoms with Gasteiger partial charge in [-0.1, -0.05) is 11.6 Å². The van der Waals surface area contributed by atoms with Crippen molar-refractivity contribution in [2.45, 2.75) is 0 Å². The van der Waals surface area contributed by atoms with Crippen LogP contribution in [0.15, 0.2) is 10.8 Å². The summed E-state index contributed by atoms with van der Waals surface area (Å²) >= 11 is 5.35. The molecule has 0 aromatic rings. The molecular formula is C5H4ClNO3. The second kappa shape index (κ2) is 2.30. The SMILES string of the molecule is COC1=C(Cl)C(=O)NC1=O. The highest BCUT2D eigenvalue weighted by atomic mass is 35.5. The van der Waals surface area contributed by atoms with Crippen molar-refractivity contribution in [2.75, 3.05) is 7.11 Å². The van der Waals surface area contributed by atoms with Gasteiger partial charge in [-0.05, 0) is 0 Å². The van der Waals surface area contributed by atoms with Crippen LogP contribution in [0.3, 0.4) is 0 Å². The Kier molecular flexibility index (Phi) is 1.63. The molecule has 1 rings (SSSR count). The van der Waals surface area contributed by atoms with Crippen molar-refractivity contribution in [3.63, 3.8) is 0 Å². The van der Waals surface area contributed by atoms with E-state index in [-0.39, 0.29) is 10.8 Å². The van der Waals surface area contributed by atoms with E-state index in [2.05, 4.69) is 4.74 Å². The zero-order valence-corrected chi connectivity index (χ0v) is 5.86. The van der Waals surface area contributed by atoms with Gasteiger partial charge >= 0.3 is 0 Å². The van der Waals surface area contributed by atoms with E-state index in [1.807, 2.05) is 5.32 Å². The molecule has 2 amide bonds. The number of hydrogen-bond acceptors (Lipinski definition) is 3. The van der Waals surface area contributed by atoms with E-state index in [0.29, 0.717) is 0 Å². The second-order valence-electron chi connectivity index (χ2n) is 1.63. The number of halogens is 1. The van der Waals surface area contributed by atoms with Crippen LogP contribution in [0.1, 0.15) is 0 Å². The van der Waals surface area contributed by atoms with E-state index in [4.69, 9.17) is 11.6 Å². The first kappa shape index (κ1) is 7.08. The number of nitrogens with one attached hydrogen (secondary N) is 1. The lowest BCUT2D eigenvalue weighted by Crippen LogP contribution is -2.22. The largest absolute Gasteiger partial charge is 0.490 e. The molecule has 0 aliphatic carbocycles. The average Bonchev–Trinajstić information content (AvgIpc) is 2.09. The lowest BCUT2D eigenvalue weighted by molar-refractivity contribution is -0.125. The maximum atomic E-state index is 10.6. The van der Waals surface area contributed by atoms with Crippen LogP contribution < -0.4 is 5.32 Å². The van der Waals surface area contributed by atoms with Gasteiger partial charge in [-0.3, -0.25) is 14.9 Å². The number of amides is 2. The van der Waals surface area contributed by atoms with Crippen LogP contribution in [0.2, 0.25) is 0 Å². The third kappa shape index (κ3) is 0.863. The van der Waals surface area contributed by atoms with Crippen molar-refractivity contribution in [3.8, 4) is 0 Å². The summed E-state index contributed by atoms with van der Waals surface area (Å²) < 4.78 is 4.52. The van der Waals surface area contributed by atoms with Crippen LogP contribution >= 0.6 is 11.6 Å². The molecule has 54 valence electrons. The fourth-order valence-corrected chi connectivity index (χ4v) is 0.810. The lowest BCUT2D eigenvalue weighted by atomic mass is 10.5. The Morgan fingerprint density at radius 2 is 2.00 bits per heavy atom. The van der Waals surface area contributed by atoms with Gasteiger partial charge in [0.25, 0.3) is 11.8 Å². The number of hydrogen-bond donors (Lipinski definition) is 1. The van der Waals surface area contributed by atoms with Crippen molar-refractivity contribution in [2.24, 2.45) is 0 Å². The van der Waals surface area contributed by atoms with Crippen molar-refractivity contribution in [1.29, 1.82) is 0 Å². The van der Waals surface area contributed by atoms with E-state index >= 15 is 0 Å². The summed E-state index contributed by atoms with van der Waals surface area (Å²) in [5, 5.41) is 1.77. The molecule has 1 aliphatic rings. The molecule has 4 nitrogen and oxygen atoms in total. The van der Waals surface area contributed by atoms with Gasteiger partial charge in [0.05, 0.1) is 7.11 Å². The highest BCUT2D eigenvalue weighted by Crippen LogP contribution is 2.15. The summed E-state index contributed by atoms with van der Waals surface area (Å²) in [7, 11) is 1.27. The minimum atomic E-state index is -0.608. The van der Waals surface area contributed by atoms with Gasteiger partial charge in [0.15, 0.2) is 5.03 Å². The van der Waals surface area contributed by atoms with Crippen LogP contribution in [0.25, 0.3) is 0 Å². The standard InChI is InChI=1S/C5H4ClNO3/c1-10-3-2(6)4(8)7-5(3)9/h1H3,(H,7,8,9). The quantitative estimate of drug-likeness (QED) is 0.539. The Morgan fingerprint density at radius 1 is 1.40 bits per heavy atom. The predicted molar refractivity (Wildman–Crippen MR) is 33.0 cm³/mol. The van der Waals surface area contributed by atoms with Crippen LogP contribution in [0.4, 0.5) is 0 Å². The molecule has 0 atom stereocenters. The minimum Gasteiger partial charge on any atom is -0.490 e. The molecule has 1 heterocycles. The topological polar surface area (TPSA) is 55.4 Å². The summed E-state index contributed by atoms with van der Waals surface area (Å²) in [6.07, 6.45) is 0. The Hall–Kier alpha value is -1.03. The first-order valence-electron chi connectivity index (χ1n) is 2.46. The van der Waals surface area contributed by atoms with E-state index in [1.54, 1.807) is 0 Å². The maximum Gasteiger partial charge on any atom is 0.295 e. The molecule has 0 spiro atoms. The first-order chi connectivity index (χ1) is 4.66. The number of carbonyl (C=O) groups excluding carboxylic acids is 2. The van der Waals surface area contributed by atoms with Crippen molar-refractivity contribution >= 4 is 23.4 Å². The number of carbonyl (C=O) groups is 2. The average molecular weight is 162 g/mol. The molecule has 0 fully saturated rings. The van der Waals surface area contributed by atoms with Gasteiger partial charge in [0.2, 0.25) is 5.76 Å². The highest BCUT2D eigenvalue weighted by Gasteiger charge is 2.29. The molecule has 1 N–H and O–H groups in total. The summed E-state index contributed by atoms with van der Waals surface area (Å²) in [4.78, 5) is 21.2. The van der Waals surface area contributed by atoms with Crippen LogP contribution in [-0.2, 0) is 14.3 Å². The molecule has 0 radical (unpaired) electrons. The predicted octanol–water partition coefficient (Wildman–Crippen LogP) is -0.260. The third-order valence-electron chi connectivity index (χ3n) is 1.04. The Balaban J connectivity index is 3.01. The zero-order chi connectivity index (χ0) is 7.72. The smallest absolute Gasteiger partial charge is 0.295 e. The van der Waals surface area contributed by atoms with E-state index in [0.717, 1.165) is 0 Å². The number of imide groups is 1. The van der Waals surface area contributed by atoms with Crippen LogP contribution in [0, 0.1) is 0 Å². The van der Waals surface area contributed by atoms with Gasteiger partial charge in [-0.25, -0.2) is 0 Å². The normalized spacial score (nSPS) is 17.8. The number of methoxy groups -OCH3 is 1. The van der Waals surface area contributed by atoms with E-state index in [1.165, 1.54) is 7.11 Å². The molecule has 0 unspecified atom stereocenters. The number of ether oxygens (including phenoxy) is 1. The van der Waals surface area contributed by atoms with Gasteiger partial charge in [0.1, 0.15) is 0 Å². The van der Waals surface area contributed by atoms with Gasteiger partial charge in [-0.2, -0.15) is 0 Å². The molecule has 10 heavy (non-hydrogen) atoms. The zero-order valence-electron chi connectivity index (χ0n) is 5.10. The van der Waals surface area contributed by atoms with Gasteiger partial charge in [0, 0.05) is 0 Å². The maximum absolute atomic E-state index is 10.6. The lowest BCUT2D eigenvalue weighted by Gasteiger charge is -1.93. The highest BCUT2D eigenvalue weighted by molar-refractivity contribution is 6.47. The molecule has 5 heteroatoms. The van der Waals surface area contributed by atoms with Crippen molar-refractivity contribution in [3.05, 3.63) is 10.8 Å². The van der Waals surface area contributed by atoms with Crippen molar-refractivity contribution in [1.82, 2.24) is 5.32 Å². The summed E-state index contributed by atoms with van der Waals surface area (Å²) in [5.41, 5.74) is 0. The Bertz CT molecular complexity index is 233. The molecule has 0 aromatic heterocycles. The van der Waals surface area contributed by atoms with Gasteiger partial charge < -0.3 is 4.74 Å². The summed E-state index contributed by atoms with van der Waals surface area (Å²) in [6.45, 7) is 0. The summed E-state index contributed by atoms with van der Waals surface area (Å²) in [6, 6.07) is 0.